The molecule has 1 aromatic rings. The summed E-state index contributed by atoms with van der Waals surface area (Å²) in [7, 11) is 0. The van der Waals surface area contributed by atoms with Gasteiger partial charge in [0, 0.05) is 17.1 Å². The van der Waals surface area contributed by atoms with Gasteiger partial charge < -0.3 is 4.74 Å². The van der Waals surface area contributed by atoms with Crippen LogP contribution >= 0.6 is 15.9 Å². The first-order chi connectivity index (χ1) is 7.36. The molecule has 1 rings (SSSR count). The van der Waals surface area contributed by atoms with E-state index in [1.807, 2.05) is 0 Å². The van der Waals surface area contributed by atoms with Crippen molar-refractivity contribution in [1.29, 1.82) is 0 Å². The van der Waals surface area contributed by atoms with Crippen molar-refractivity contribution in [3.8, 4) is 5.88 Å². The maximum atomic E-state index is 13.2. The molecule has 16 heavy (non-hydrogen) atoms. The molecule has 0 saturated carbocycles. The van der Waals surface area contributed by atoms with Gasteiger partial charge in [-0.2, -0.15) is 0 Å². The number of pyridine rings is 1. The lowest BCUT2D eigenvalue weighted by Crippen LogP contribution is -2.35. The van der Waals surface area contributed by atoms with Crippen LogP contribution in [0.15, 0.2) is 16.7 Å². The molecular weight excluding hydrogens is 287 g/mol. The van der Waals surface area contributed by atoms with Gasteiger partial charge in [0.15, 0.2) is 11.9 Å². The number of alkyl halides is 2. The maximum absolute atomic E-state index is 13.2. The topological polar surface area (TPSA) is 22.1 Å². The average molecular weight is 298 g/mol. The highest BCUT2D eigenvalue weighted by atomic mass is 79.9. The Kier molecular flexibility index (Phi) is 4.18. The number of ether oxygens (including phenoxy) is 1. The van der Waals surface area contributed by atoms with Gasteiger partial charge >= 0.3 is 0 Å². The number of hydrogen-bond donors (Lipinski definition) is 0. The lowest BCUT2D eigenvalue weighted by molar-refractivity contribution is -0.0921. The summed E-state index contributed by atoms with van der Waals surface area (Å²) < 4.78 is 44.8. The molecule has 1 atom stereocenters. The second-order valence-electron chi connectivity index (χ2n) is 3.32. The Bertz CT molecular complexity index is 373. The summed E-state index contributed by atoms with van der Waals surface area (Å²) in [6.07, 6.45) is -0.498. The highest BCUT2D eigenvalue weighted by molar-refractivity contribution is 9.10. The zero-order valence-electron chi connectivity index (χ0n) is 8.81. The minimum atomic E-state index is -3.00. The van der Waals surface area contributed by atoms with Gasteiger partial charge in [0.2, 0.25) is 0 Å². The molecule has 0 unspecified atom stereocenters. The first kappa shape index (κ1) is 13.3. The van der Waals surface area contributed by atoms with E-state index in [0.717, 1.165) is 6.07 Å². The monoisotopic (exact) mass is 297 g/mol. The fourth-order valence-corrected chi connectivity index (χ4v) is 1.33. The number of nitrogens with zero attached hydrogens (tertiary/aromatic N) is 1. The van der Waals surface area contributed by atoms with Crippen molar-refractivity contribution < 1.29 is 17.9 Å². The van der Waals surface area contributed by atoms with E-state index < -0.39 is 23.7 Å². The Balaban J connectivity index is 2.81. The van der Waals surface area contributed by atoms with Crippen molar-refractivity contribution >= 4 is 15.9 Å². The van der Waals surface area contributed by atoms with E-state index in [9.17, 15) is 13.2 Å². The molecule has 0 amide bonds. The summed E-state index contributed by atoms with van der Waals surface area (Å²) in [5, 5.41) is 0. The Morgan fingerprint density at radius 3 is 2.69 bits per heavy atom. The van der Waals surface area contributed by atoms with Gasteiger partial charge in [0.05, 0.1) is 0 Å². The van der Waals surface area contributed by atoms with Gasteiger partial charge in [0.25, 0.3) is 11.8 Å². The third-order valence-corrected chi connectivity index (χ3v) is 2.56. The van der Waals surface area contributed by atoms with Crippen LogP contribution in [-0.2, 0) is 0 Å². The minimum absolute atomic E-state index is 0.369. The molecule has 0 saturated heterocycles. The zero-order chi connectivity index (χ0) is 12.3. The van der Waals surface area contributed by atoms with Crippen molar-refractivity contribution in [2.75, 3.05) is 0 Å². The van der Waals surface area contributed by atoms with E-state index in [2.05, 4.69) is 20.9 Å². The summed E-state index contributed by atoms with van der Waals surface area (Å²) in [6.45, 7) is 2.53. The van der Waals surface area contributed by atoms with Gasteiger partial charge in [0.1, 0.15) is 0 Å². The van der Waals surface area contributed by atoms with Crippen LogP contribution in [0, 0.1) is 5.82 Å². The SMILES string of the molecule is CCC(F)(F)[C@H](C)Oc1ncc(Br)cc1F. The van der Waals surface area contributed by atoms with Crippen LogP contribution in [0.25, 0.3) is 0 Å². The molecule has 0 N–H and O–H groups in total. The predicted octanol–water partition coefficient (Wildman–Crippen LogP) is 3.80. The summed E-state index contributed by atoms with van der Waals surface area (Å²) in [4.78, 5) is 3.59. The fourth-order valence-electron chi connectivity index (χ4n) is 1.03. The summed E-state index contributed by atoms with van der Waals surface area (Å²) in [5.74, 6) is -4.18. The van der Waals surface area contributed by atoms with Crippen LogP contribution in [0.2, 0.25) is 0 Å². The molecule has 0 radical (unpaired) electrons. The van der Waals surface area contributed by atoms with E-state index in [4.69, 9.17) is 4.74 Å². The van der Waals surface area contributed by atoms with E-state index in [0.29, 0.717) is 4.47 Å². The third kappa shape index (κ3) is 3.10. The summed E-state index contributed by atoms with van der Waals surface area (Å²) in [5.41, 5.74) is 0. The quantitative estimate of drug-likeness (QED) is 0.843. The molecule has 1 aromatic heterocycles. The van der Waals surface area contributed by atoms with Crippen molar-refractivity contribution in [2.45, 2.75) is 32.3 Å². The second-order valence-corrected chi connectivity index (χ2v) is 4.23. The lowest BCUT2D eigenvalue weighted by atomic mass is 10.1. The standard InChI is InChI=1S/C10H11BrF3NO/c1-3-10(13,14)6(2)16-9-8(12)4-7(11)5-15-9/h4-6H,3H2,1-2H3/t6-/m0/s1. The Morgan fingerprint density at radius 2 is 2.19 bits per heavy atom. The smallest absolute Gasteiger partial charge is 0.283 e. The summed E-state index contributed by atoms with van der Waals surface area (Å²) in [6, 6.07) is 1.11. The number of aromatic nitrogens is 1. The van der Waals surface area contributed by atoms with Crippen molar-refractivity contribution in [2.24, 2.45) is 0 Å². The molecule has 0 bridgehead atoms. The van der Waals surface area contributed by atoms with Crippen LogP contribution in [0.3, 0.4) is 0 Å². The summed E-state index contributed by atoms with van der Waals surface area (Å²) >= 11 is 3.01. The average Bonchev–Trinajstić information content (AvgIpc) is 2.22. The molecule has 6 heteroatoms. The molecule has 0 aliphatic rings. The zero-order valence-corrected chi connectivity index (χ0v) is 10.4. The normalized spacial score (nSPS) is 13.6. The lowest BCUT2D eigenvalue weighted by Gasteiger charge is -2.22. The van der Waals surface area contributed by atoms with Crippen LogP contribution in [0.5, 0.6) is 5.88 Å². The molecule has 2 nitrogen and oxygen atoms in total. The van der Waals surface area contributed by atoms with E-state index in [1.165, 1.54) is 20.0 Å². The van der Waals surface area contributed by atoms with Crippen LogP contribution in [0.4, 0.5) is 13.2 Å². The molecule has 90 valence electrons. The Morgan fingerprint density at radius 1 is 1.56 bits per heavy atom. The first-order valence-electron chi connectivity index (χ1n) is 4.72. The van der Waals surface area contributed by atoms with Crippen LogP contribution in [0.1, 0.15) is 20.3 Å². The molecular formula is C10H11BrF3NO. The van der Waals surface area contributed by atoms with Crippen molar-refractivity contribution in [1.82, 2.24) is 4.98 Å². The Labute approximate surface area is 100.0 Å². The van der Waals surface area contributed by atoms with E-state index in [-0.39, 0.29) is 6.42 Å². The number of rotatable bonds is 4. The molecule has 0 fully saturated rings. The van der Waals surface area contributed by atoms with E-state index in [1.54, 1.807) is 0 Å². The van der Waals surface area contributed by atoms with Gasteiger partial charge in [-0.3, -0.25) is 0 Å². The fraction of sp³-hybridized carbons (Fsp3) is 0.500. The number of hydrogen-bond acceptors (Lipinski definition) is 2. The van der Waals surface area contributed by atoms with Gasteiger partial charge in [-0.05, 0) is 28.9 Å². The third-order valence-electron chi connectivity index (χ3n) is 2.13. The minimum Gasteiger partial charge on any atom is -0.466 e. The van der Waals surface area contributed by atoms with Gasteiger partial charge in [-0.15, -0.1) is 0 Å². The van der Waals surface area contributed by atoms with Gasteiger partial charge in [-0.25, -0.2) is 18.2 Å². The molecule has 0 aromatic carbocycles. The van der Waals surface area contributed by atoms with Crippen LogP contribution in [-0.4, -0.2) is 17.0 Å². The number of halogens is 4. The van der Waals surface area contributed by atoms with Gasteiger partial charge in [-0.1, -0.05) is 6.92 Å². The highest BCUT2D eigenvalue weighted by Crippen LogP contribution is 2.27. The molecule has 0 aliphatic carbocycles. The molecule has 0 spiro atoms. The highest BCUT2D eigenvalue weighted by Gasteiger charge is 2.36. The maximum Gasteiger partial charge on any atom is 0.283 e. The van der Waals surface area contributed by atoms with Crippen molar-refractivity contribution in [3.05, 3.63) is 22.6 Å². The van der Waals surface area contributed by atoms with Crippen LogP contribution < -0.4 is 4.74 Å². The largest absolute Gasteiger partial charge is 0.466 e. The predicted molar refractivity (Wildman–Crippen MR) is 57.2 cm³/mol. The van der Waals surface area contributed by atoms with Crippen molar-refractivity contribution in [3.63, 3.8) is 0 Å². The molecule has 1 heterocycles. The molecule has 0 aliphatic heterocycles. The second kappa shape index (κ2) is 5.03. The Hall–Kier alpha value is -0.780. The van der Waals surface area contributed by atoms with E-state index >= 15 is 0 Å². The first-order valence-corrected chi connectivity index (χ1v) is 5.51.